The summed E-state index contributed by atoms with van der Waals surface area (Å²) in [6.07, 6.45) is 2.88. The van der Waals surface area contributed by atoms with Gasteiger partial charge >= 0.3 is 0 Å². The van der Waals surface area contributed by atoms with Gasteiger partial charge in [-0.05, 0) is 71.2 Å². The number of amides is 1. The minimum atomic E-state index is -0.179. The van der Waals surface area contributed by atoms with E-state index in [1.165, 1.54) is 16.7 Å². The summed E-state index contributed by atoms with van der Waals surface area (Å²) in [5.74, 6) is 1.29. The molecular weight excluding hydrogens is 362 g/mol. The van der Waals surface area contributed by atoms with Crippen molar-refractivity contribution < 1.29 is 9.53 Å². The van der Waals surface area contributed by atoms with E-state index in [0.717, 1.165) is 57.7 Å². The Kier molecular flexibility index (Phi) is 5.41. The van der Waals surface area contributed by atoms with Crippen LogP contribution in [-0.2, 0) is 10.2 Å². The van der Waals surface area contributed by atoms with Gasteiger partial charge in [0.05, 0.1) is 6.61 Å². The quantitative estimate of drug-likeness (QED) is 0.827. The molecule has 1 N–H and O–H groups in total. The number of likely N-dealkylation sites (N-methyl/N-ethyl adjacent to an activating group) is 1. The molecule has 29 heavy (non-hydrogen) atoms. The van der Waals surface area contributed by atoms with Crippen molar-refractivity contribution in [1.29, 1.82) is 0 Å². The Morgan fingerprint density at radius 2 is 1.90 bits per heavy atom. The van der Waals surface area contributed by atoms with Crippen molar-refractivity contribution in [3.8, 4) is 5.75 Å². The highest BCUT2D eigenvalue weighted by Crippen LogP contribution is 2.61. The van der Waals surface area contributed by atoms with Gasteiger partial charge in [0.25, 0.3) is 0 Å². The van der Waals surface area contributed by atoms with Crippen LogP contribution >= 0.6 is 0 Å². The Morgan fingerprint density at radius 3 is 2.62 bits per heavy atom. The number of carbonyl (C=O) groups excluding carboxylic acids is 1. The number of nitrogens with zero attached hydrogens (tertiary/aromatic N) is 2. The average Bonchev–Trinajstić information content (AvgIpc) is 3.38. The lowest BCUT2D eigenvalue weighted by Crippen LogP contribution is -2.50. The number of fused-ring (bicyclic) bond motifs is 2. The fraction of sp³-hybridized carbons (Fsp3) is 0.708. The van der Waals surface area contributed by atoms with Gasteiger partial charge in [-0.3, -0.25) is 4.79 Å². The largest absolute Gasteiger partial charge is 0.493 e. The van der Waals surface area contributed by atoms with Crippen LogP contribution in [0.4, 0.5) is 0 Å². The van der Waals surface area contributed by atoms with Crippen molar-refractivity contribution in [1.82, 2.24) is 15.1 Å². The maximum absolute atomic E-state index is 13.2. The van der Waals surface area contributed by atoms with Crippen LogP contribution in [0.5, 0.6) is 5.75 Å². The number of ether oxygens (including phenoxy) is 1. The van der Waals surface area contributed by atoms with E-state index in [0.29, 0.717) is 6.61 Å². The molecular formula is C24H37N3O2. The van der Waals surface area contributed by atoms with Crippen LogP contribution in [0, 0.1) is 19.8 Å². The van der Waals surface area contributed by atoms with E-state index in [4.69, 9.17) is 4.74 Å². The summed E-state index contributed by atoms with van der Waals surface area (Å²) >= 11 is 0. The first kappa shape index (κ1) is 20.7. The standard InChI is InChI=1S/C24H37N3O2/c1-17-14-19-21(15-18(17)2)29-13-7-24(19)16-20(24)22(28)25-23(3,4)6-8-27-11-9-26(5)10-12-27/h14-15,20H,6-13,16H2,1-5H3,(H,25,28)/t20-,24-/m0/s1. The first-order valence-corrected chi connectivity index (χ1v) is 11.2. The number of benzene rings is 1. The summed E-state index contributed by atoms with van der Waals surface area (Å²) in [7, 11) is 2.18. The third-order valence-corrected chi connectivity index (χ3v) is 7.44. The number of rotatable bonds is 5. The number of hydrogen-bond donors (Lipinski definition) is 1. The molecule has 1 aromatic rings. The van der Waals surface area contributed by atoms with Gasteiger partial charge in [-0.15, -0.1) is 0 Å². The maximum Gasteiger partial charge on any atom is 0.224 e. The van der Waals surface area contributed by atoms with Gasteiger partial charge in [-0.2, -0.15) is 0 Å². The zero-order valence-corrected chi connectivity index (χ0v) is 18.8. The third-order valence-electron chi connectivity index (χ3n) is 7.44. The minimum Gasteiger partial charge on any atom is -0.493 e. The molecule has 0 bridgehead atoms. The second-order valence-electron chi connectivity index (χ2n) is 10.2. The molecule has 1 saturated carbocycles. The van der Waals surface area contributed by atoms with Gasteiger partial charge in [0.2, 0.25) is 5.91 Å². The van der Waals surface area contributed by atoms with Gasteiger partial charge < -0.3 is 19.9 Å². The molecule has 0 aromatic heterocycles. The normalized spacial score (nSPS) is 27.4. The fourth-order valence-corrected chi connectivity index (χ4v) is 4.99. The molecule has 1 amide bonds. The monoisotopic (exact) mass is 399 g/mol. The topological polar surface area (TPSA) is 44.8 Å². The predicted molar refractivity (Wildman–Crippen MR) is 117 cm³/mol. The van der Waals surface area contributed by atoms with Crippen molar-refractivity contribution in [2.45, 2.75) is 57.9 Å². The molecule has 3 aliphatic rings. The summed E-state index contributed by atoms with van der Waals surface area (Å²) in [6.45, 7) is 14.9. The lowest BCUT2D eigenvalue weighted by atomic mass is 9.85. The van der Waals surface area contributed by atoms with Crippen molar-refractivity contribution in [2.24, 2.45) is 5.92 Å². The van der Waals surface area contributed by atoms with Crippen molar-refractivity contribution in [2.75, 3.05) is 46.4 Å². The van der Waals surface area contributed by atoms with Gasteiger partial charge in [0, 0.05) is 55.2 Å². The van der Waals surface area contributed by atoms with E-state index >= 15 is 0 Å². The molecule has 160 valence electrons. The smallest absolute Gasteiger partial charge is 0.224 e. The van der Waals surface area contributed by atoms with Crippen LogP contribution in [0.25, 0.3) is 0 Å². The number of carbonyl (C=O) groups is 1. The van der Waals surface area contributed by atoms with Crippen molar-refractivity contribution in [3.05, 3.63) is 28.8 Å². The molecule has 2 heterocycles. The fourth-order valence-electron chi connectivity index (χ4n) is 4.99. The highest BCUT2D eigenvalue weighted by Gasteiger charge is 2.61. The second kappa shape index (κ2) is 7.59. The van der Waals surface area contributed by atoms with Gasteiger partial charge in [-0.25, -0.2) is 0 Å². The third kappa shape index (κ3) is 4.17. The Balaban J connectivity index is 1.37. The number of hydrogen-bond acceptors (Lipinski definition) is 4. The SMILES string of the molecule is Cc1cc2c(cc1C)[C@]1(CCO2)C[C@H]1C(=O)NC(C)(C)CCN1CCN(C)CC1. The van der Waals surface area contributed by atoms with Crippen molar-refractivity contribution in [3.63, 3.8) is 0 Å². The zero-order chi connectivity index (χ0) is 20.8. The van der Waals surface area contributed by atoms with E-state index in [1.54, 1.807) is 0 Å². The van der Waals surface area contributed by atoms with E-state index in [-0.39, 0.29) is 22.8 Å². The van der Waals surface area contributed by atoms with Gasteiger partial charge in [0.15, 0.2) is 0 Å². The number of aryl methyl sites for hydroxylation is 2. The molecule has 1 saturated heterocycles. The summed E-state index contributed by atoms with van der Waals surface area (Å²) in [5, 5.41) is 3.38. The Hall–Kier alpha value is -1.59. The number of nitrogens with one attached hydrogen (secondary N) is 1. The molecule has 2 aliphatic heterocycles. The van der Waals surface area contributed by atoms with E-state index in [9.17, 15) is 4.79 Å². The first-order chi connectivity index (χ1) is 13.7. The molecule has 5 heteroatoms. The minimum absolute atomic E-state index is 0.0103. The molecule has 0 radical (unpaired) electrons. The highest BCUT2D eigenvalue weighted by molar-refractivity contribution is 5.85. The molecule has 0 unspecified atom stereocenters. The summed E-state index contributed by atoms with van der Waals surface area (Å²) in [5.41, 5.74) is 3.60. The zero-order valence-electron chi connectivity index (χ0n) is 18.8. The molecule has 2 atom stereocenters. The molecule has 1 aliphatic carbocycles. The molecule has 1 spiro atoms. The molecule has 2 fully saturated rings. The molecule has 5 nitrogen and oxygen atoms in total. The second-order valence-corrected chi connectivity index (χ2v) is 10.2. The first-order valence-electron chi connectivity index (χ1n) is 11.2. The van der Waals surface area contributed by atoms with E-state index < -0.39 is 0 Å². The van der Waals surface area contributed by atoms with Crippen LogP contribution in [0.15, 0.2) is 12.1 Å². The Bertz CT molecular complexity index is 783. The summed E-state index contributed by atoms with van der Waals surface area (Å²) < 4.78 is 5.94. The summed E-state index contributed by atoms with van der Waals surface area (Å²) in [4.78, 5) is 18.1. The van der Waals surface area contributed by atoms with Crippen LogP contribution in [0.1, 0.15) is 49.8 Å². The van der Waals surface area contributed by atoms with Gasteiger partial charge in [-0.1, -0.05) is 6.07 Å². The Morgan fingerprint density at radius 1 is 1.21 bits per heavy atom. The lowest BCUT2D eigenvalue weighted by molar-refractivity contribution is -0.124. The highest BCUT2D eigenvalue weighted by atomic mass is 16.5. The van der Waals surface area contributed by atoms with Crippen molar-refractivity contribution >= 4 is 5.91 Å². The summed E-state index contributed by atoms with van der Waals surface area (Å²) in [6, 6.07) is 4.41. The predicted octanol–water partition coefficient (Wildman–Crippen LogP) is 2.88. The van der Waals surface area contributed by atoms with Gasteiger partial charge in [0.1, 0.15) is 5.75 Å². The van der Waals surface area contributed by atoms with Crippen LogP contribution < -0.4 is 10.1 Å². The van der Waals surface area contributed by atoms with Crippen LogP contribution in [-0.4, -0.2) is 67.6 Å². The average molecular weight is 400 g/mol. The lowest BCUT2D eigenvalue weighted by Gasteiger charge is -2.35. The molecule has 1 aromatic carbocycles. The van der Waals surface area contributed by atoms with Crippen LogP contribution in [0.3, 0.4) is 0 Å². The van der Waals surface area contributed by atoms with E-state index in [1.807, 2.05) is 0 Å². The van der Waals surface area contributed by atoms with Crippen LogP contribution in [0.2, 0.25) is 0 Å². The number of piperazine rings is 1. The molecule has 4 rings (SSSR count). The Labute approximate surface area is 175 Å². The van der Waals surface area contributed by atoms with E-state index in [2.05, 4.69) is 62.0 Å². The maximum atomic E-state index is 13.2.